The fourth-order valence-corrected chi connectivity index (χ4v) is 2.05. The maximum Gasteiger partial charge on any atom is 0.0723 e. The Balaban J connectivity index is 2.30. The quantitative estimate of drug-likeness (QED) is 0.816. The molecule has 0 radical (unpaired) electrons. The lowest BCUT2D eigenvalue weighted by Gasteiger charge is -2.12. The molecule has 2 nitrogen and oxygen atoms in total. The van der Waals surface area contributed by atoms with E-state index in [1.54, 1.807) is 0 Å². The zero-order valence-corrected chi connectivity index (χ0v) is 10.7. The third-order valence-electron chi connectivity index (χ3n) is 2.97. The smallest absolute Gasteiger partial charge is 0.0723 e. The van der Waals surface area contributed by atoms with Gasteiger partial charge in [-0.2, -0.15) is 0 Å². The second-order valence-corrected chi connectivity index (χ2v) is 4.31. The van der Waals surface area contributed by atoms with E-state index in [1.807, 2.05) is 6.07 Å². The van der Waals surface area contributed by atoms with E-state index >= 15 is 0 Å². The number of nitrogens with two attached hydrogens (primary N) is 1. The van der Waals surface area contributed by atoms with Crippen molar-refractivity contribution in [3.05, 3.63) is 59.7 Å². The summed E-state index contributed by atoms with van der Waals surface area (Å²) in [6.07, 6.45) is 0. The van der Waals surface area contributed by atoms with Gasteiger partial charge in [-0.1, -0.05) is 48.5 Å². The Labute approximate surface area is 108 Å². The molecule has 0 bridgehead atoms. The van der Waals surface area contributed by atoms with E-state index < -0.39 is 0 Å². The van der Waals surface area contributed by atoms with E-state index in [1.165, 1.54) is 22.3 Å². The van der Waals surface area contributed by atoms with Crippen LogP contribution in [0.2, 0.25) is 0 Å². The fourth-order valence-electron chi connectivity index (χ4n) is 2.05. The third-order valence-corrected chi connectivity index (χ3v) is 2.97. The Morgan fingerprint density at radius 2 is 1.61 bits per heavy atom. The van der Waals surface area contributed by atoms with Crippen molar-refractivity contribution in [2.24, 2.45) is 5.73 Å². The largest absolute Gasteiger partial charge is 0.375 e. The molecule has 18 heavy (non-hydrogen) atoms. The summed E-state index contributed by atoms with van der Waals surface area (Å²) in [6, 6.07) is 16.8. The van der Waals surface area contributed by atoms with Crippen LogP contribution in [-0.4, -0.2) is 13.2 Å². The molecule has 0 aliphatic heterocycles. The fraction of sp³-hybridized carbons (Fsp3) is 0.250. The van der Waals surface area contributed by atoms with E-state index in [4.69, 9.17) is 10.5 Å². The molecule has 0 spiro atoms. The summed E-state index contributed by atoms with van der Waals surface area (Å²) < 4.78 is 5.55. The molecule has 2 N–H and O–H groups in total. The second kappa shape index (κ2) is 6.34. The van der Waals surface area contributed by atoms with Crippen molar-refractivity contribution in [3.8, 4) is 11.1 Å². The van der Waals surface area contributed by atoms with Gasteiger partial charge in [0.2, 0.25) is 0 Å². The molecule has 0 aliphatic rings. The molecule has 0 heterocycles. The molecule has 0 saturated carbocycles. The van der Waals surface area contributed by atoms with Crippen LogP contribution < -0.4 is 5.73 Å². The normalized spacial score (nSPS) is 10.6. The van der Waals surface area contributed by atoms with Gasteiger partial charge in [0.25, 0.3) is 0 Å². The lowest BCUT2D eigenvalue weighted by Crippen LogP contribution is -2.08. The molecule has 0 aromatic heterocycles. The Bertz CT molecular complexity index is 508. The maximum atomic E-state index is 5.55. The minimum absolute atomic E-state index is 0.562. The van der Waals surface area contributed by atoms with Crippen LogP contribution in [0.25, 0.3) is 11.1 Å². The summed E-state index contributed by atoms with van der Waals surface area (Å²) in [5, 5.41) is 0. The van der Waals surface area contributed by atoms with Crippen LogP contribution in [0, 0.1) is 6.92 Å². The van der Waals surface area contributed by atoms with Crippen molar-refractivity contribution in [1.82, 2.24) is 0 Å². The van der Waals surface area contributed by atoms with Crippen molar-refractivity contribution in [2.75, 3.05) is 13.2 Å². The van der Waals surface area contributed by atoms with Gasteiger partial charge in [-0.3, -0.25) is 0 Å². The molecule has 0 atom stereocenters. The molecule has 2 aromatic rings. The van der Waals surface area contributed by atoms with E-state index in [0.29, 0.717) is 19.8 Å². The van der Waals surface area contributed by atoms with E-state index in [9.17, 15) is 0 Å². The van der Waals surface area contributed by atoms with Gasteiger partial charge in [-0.05, 0) is 29.2 Å². The number of rotatable bonds is 5. The van der Waals surface area contributed by atoms with Crippen LogP contribution >= 0.6 is 0 Å². The van der Waals surface area contributed by atoms with Crippen LogP contribution in [0.5, 0.6) is 0 Å². The van der Waals surface area contributed by atoms with Gasteiger partial charge in [0.1, 0.15) is 0 Å². The highest BCUT2D eigenvalue weighted by Crippen LogP contribution is 2.27. The molecule has 94 valence electrons. The summed E-state index contributed by atoms with van der Waals surface area (Å²) in [5.41, 5.74) is 10.4. The highest BCUT2D eigenvalue weighted by molar-refractivity contribution is 5.70. The van der Waals surface area contributed by atoms with Crippen LogP contribution in [0.4, 0.5) is 0 Å². The summed E-state index contributed by atoms with van der Waals surface area (Å²) in [6.45, 7) is 3.91. The predicted molar refractivity (Wildman–Crippen MR) is 75.3 cm³/mol. The molecule has 0 unspecified atom stereocenters. The Morgan fingerprint density at radius 1 is 0.944 bits per heavy atom. The van der Waals surface area contributed by atoms with E-state index in [0.717, 1.165) is 0 Å². The maximum absolute atomic E-state index is 5.55. The SMILES string of the molecule is Cc1ccccc1-c1ccccc1COCCN. The van der Waals surface area contributed by atoms with Crippen molar-refractivity contribution in [1.29, 1.82) is 0 Å². The summed E-state index contributed by atoms with van der Waals surface area (Å²) in [7, 11) is 0. The minimum atomic E-state index is 0.562. The molecular weight excluding hydrogens is 222 g/mol. The van der Waals surface area contributed by atoms with E-state index in [-0.39, 0.29) is 0 Å². The Hall–Kier alpha value is -1.64. The van der Waals surface area contributed by atoms with Gasteiger partial charge in [-0.15, -0.1) is 0 Å². The average Bonchev–Trinajstić information content (AvgIpc) is 2.40. The Morgan fingerprint density at radius 3 is 2.33 bits per heavy atom. The van der Waals surface area contributed by atoms with Crippen LogP contribution in [0.3, 0.4) is 0 Å². The van der Waals surface area contributed by atoms with Crippen molar-refractivity contribution >= 4 is 0 Å². The van der Waals surface area contributed by atoms with Crippen molar-refractivity contribution in [2.45, 2.75) is 13.5 Å². The van der Waals surface area contributed by atoms with Crippen LogP contribution in [0.15, 0.2) is 48.5 Å². The first-order valence-electron chi connectivity index (χ1n) is 6.24. The van der Waals surface area contributed by atoms with Gasteiger partial charge >= 0.3 is 0 Å². The molecule has 2 rings (SSSR count). The lowest BCUT2D eigenvalue weighted by atomic mass is 9.96. The minimum Gasteiger partial charge on any atom is -0.375 e. The standard InChI is InChI=1S/C16H19NO/c1-13-6-2-4-8-15(13)16-9-5-3-7-14(16)12-18-11-10-17/h2-9H,10-12,17H2,1H3. The molecule has 2 aromatic carbocycles. The predicted octanol–water partition coefficient (Wildman–Crippen LogP) is 3.14. The van der Waals surface area contributed by atoms with E-state index in [2.05, 4.69) is 49.4 Å². The monoisotopic (exact) mass is 241 g/mol. The lowest BCUT2D eigenvalue weighted by molar-refractivity contribution is 0.128. The first kappa shape index (κ1) is 12.8. The number of hydrogen-bond donors (Lipinski definition) is 1. The van der Waals surface area contributed by atoms with Gasteiger partial charge in [0.05, 0.1) is 13.2 Å². The van der Waals surface area contributed by atoms with Gasteiger partial charge in [0.15, 0.2) is 0 Å². The second-order valence-electron chi connectivity index (χ2n) is 4.31. The first-order chi connectivity index (χ1) is 8.83. The number of aryl methyl sites for hydroxylation is 1. The third kappa shape index (κ3) is 2.97. The number of benzene rings is 2. The highest BCUT2D eigenvalue weighted by Gasteiger charge is 2.06. The Kier molecular flexibility index (Phi) is 4.51. The van der Waals surface area contributed by atoms with Gasteiger partial charge in [0, 0.05) is 6.54 Å². The summed E-state index contributed by atoms with van der Waals surface area (Å²) >= 11 is 0. The van der Waals surface area contributed by atoms with Crippen LogP contribution in [-0.2, 0) is 11.3 Å². The molecular formula is C16H19NO. The van der Waals surface area contributed by atoms with Crippen molar-refractivity contribution < 1.29 is 4.74 Å². The summed E-state index contributed by atoms with van der Waals surface area (Å²) in [5.74, 6) is 0. The van der Waals surface area contributed by atoms with Crippen molar-refractivity contribution in [3.63, 3.8) is 0 Å². The van der Waals surface area contributed by atoms with Crippen LogP contribution in [0.1, 0.15) is 11.1 Å². The number of hydrogen-bond acceptors (Lipinski definition) is 2. The van der Waals surface area contributed by atoms with Gasteiger partial charge < -0.3 is 10.5 Å². The first-order valence-corrected chi connectivity index (χ1v) is 6.24. The molecule has 0 amide bonds. The molecule has 0 aliphatic carbocycles. The summed E-state index contributed by atoms with van der Waals surface area (Å²) in [4.78, 5) is 0. The zero-order valence-electron chi connectivity index (χ0n) is 10.7. The molecule has 2 heteroatoms. The molecule has 0 saturated heterocycles. The zero-order chi connectivity index (χ0) is 12.8. The number of ether oxygens (including phenoxy) is 1. The topological polar surface area (TPSA) is 35.2 Å². The van der Waals surface area contributed by atoms with Gasteiger partial charge in [-0.25, -0.2) is 0 Å². The average molecular weight is 241 g/mol. The highest BCUT2D eigenvalue weighted by atomic mass is 16.5. The molecule has 0 fully saturated rings.